The van der Waals surface area contributed by atoms with Gasteiger partial charge in [0.05, 0.1) is 17.5 Å². The number of rotatable bonds is 10. The summed E-state index contributed by atoms with van der Waals surface area (Å²) < 4.78 is 0. The van der Waals surface area contributed by atoms with E-state index in [0.717, 1.165) is 18.5 Å². The molecule has 3 rings (SSSR count). The Bertz CT molecular complexity index is 583. The molecular weight excluding hydrogens is 310 g/mol. The van der Waals surface area contributed by atoms with Crippen LogP contribution in [0.2, 0.25) is 0 Å². The quantitative estimate of drug-likeness (QED) is 0.425. The molecule has 2 aliphatic rings. The number of fused-ring (bicyclic) bond motifs is 1. The van der Waals surface area contributed by atoms with Crippen molar-refractivity contribution >= 4 is 17.5 Å². The fourth-order valence-electron chi connectivity index (χ4n) is 4.47. The van der Waals surface area contributed by atoms with Gasteiger partial charge >= 0.3 is 0 Å². The summed E-state index contributed by atoms with van der Waals surface area (Å²) >= 11 is 0. The van der Waals surface area contributed by atoms with Gasteiger partial charge in [-0.2, -0.15) is 0 Å². The number of benzene rings is 1. The first kappa shape index (κ1) is 18.2. The number of hydrogen-bond donors (Lipinski definition) is 0. The van der Waals surface area contributed by atoms with Gasteiger partial charge in [0.25, 0.3) is 0 Å². The Kier molecular flexibility index (Phi) is 6.28. The lowest BCUT2D eigenvalue weighted by Gasteiger charge is -2.36. The normalized spacial score (nSPS) is 25.2. The first-order valence-electron chi connectivity index (χ1n) is 10.2. The van der Waals surface area contributed by atoms with Crippen molar-refractivity contribution in [2.24, 2.45) is 17.8 Å². The van der Waals surface area contributed by atoms with Crippen LogP contribution in [0.25, 0.3) is 0 Å². The second-order valence-electron chi connectivity index (χ2n) is 7.74. The van der Waals surface area contributed by atoms with Gasteiger partial charge in [-0.1, -0.05) is 76.5 Å². The maximum absolute atomic E-state index is 12.7. The highest BCUT2D eigenvalue weighted by Gasteiger charge is 2.58. The number of amides is 2. The summed E-state index contributed by atoms with van der Waals surface area (Å²) in [5.74, 6) is 0.393. The van der Waals surface area contributed by atoms with Gasteiger partial charge in [-0.3, -0.25) is 14.5 Å². The largest absolute Gasteiger partial charge is 0.274 e. The van der Waals surface area contributed by atoms with E-state index >= 15 is 0 Å². The Balaban J connectivity index is 1.41. The van der Waals surface area contributed by atoms with Crippen molar-refractivity contribution in [1.29, 1.82) is 0 Å². The van der Waals surface area contributed by atoms with Crippen LogP contribution in [-0.4, -0.2) is 11.8 Å². The van der Waals surface area contributed by atoms with Crippen LogP contribution in [0.15, 0.2) is 30.3 Å². The summed E-state index contributed by atoms with van der Waals surface area (Å²) in [6, 6.07) is 9.39. The van der Waals surface area contributed by atoms with Crippen molar-refractivity contribution in [3.8, 4) is 0 Å². The molecular formula is C22H31NO2. The minimum Gasteiger partial charge on any atom is -0.274 e. The molecule has 2 fully saturated rings. The highest BCUT2D eigenvalue weighted by Crippen LogP contribution is 2.50. The second-order valence-corrected chi connectivity index (χ2v) is 7.74. The molecule has 1 aromatic rings. The SMILES string of the molecule is CCCCCCCCCC[C@H]1C[C@@H]2C(=O)N(c3ccccc3)C(=O)[C@H]12. The number of imide groups is 1. The Hall–Kier alpha value is -1.64. The Morgan fingerprint density at radius 1 is 0.880 bits per heavy atom. The van der Waals surface area contributed by atoms with Gasteiger partial charge in [-0.05, 0) is 30.9 Å². The van der Waals surface area contributed by atoms with E-state index in [4.69, 9.17) is 0 Å². The van der Waals surface area contributed by atoms with E-state index in [9.17, 15) is 9.59 Å². The van der Waals surface area contributed by atoms with Gasteiger partial charge in [-0.15, -0.1) is 0 Å². The topological polar surface area (TPSA) is 37.4 Å². The van der Waals surface area contributed by atoms with E-state index in [1.165, 1.54) is 56.3 Å². The number of anilines is 1. The average molecular weight is 341 g/mol. The molecule has 0 radical (unpaired) electrons. The summed E-state index contributed by atoms with van der Waals surface area (Å²) in [6.45, 7) is 2.25. The van der Waals surface area contributed by atoms with Crippen LogP contribution in [0.1, 0.15) is 71.1 Å². The molecule has 1 heterocycles. The van der Waals surface area contributed by atoms with Gasteiger partial charge in [0.1, 0.15) is 0 Å². The molecule has 1 saturated heterocycles. The van der Waals surface area contributed by atoms with Crippen LogP contribution in [0.5, 0.6) is 0 Å². The van der Waals surface area contributed by atoms with Gasteiger partial charge < -0.3 is 0 Å². The van der Waals surface area contributed by atoms with Crippen LogP contribution in [-0.2, 0) is 9.59 Å². The number of unbranched alkanes of at least 4 members (excludes halogenated alkanes) is 7. The predicted molar refractivity (Wildman–Crippen MR) is 101 cm³/mol. The maximum atomic E-state index is 12.7. The minimum absolute atomic E-state index is 0.0216. The molecule has 3 heteroatoms. The van der Waals surface area contributed by atoms with E-state index < -0.39 is 0 Å². The maximum Gasteiger partial charge on any atom is 0.237 e. The molecule has 2 amide bonds. The van der Waals surface area contributed by atoms with Gasteiger partial charge in [-0.25, -0.2) is 0 Å². The molecule has 1 saturated carbocycles. The van der Waals surface area contributed by atoms with Crippen molar-refractivity contribution in [1.82, 2.24) is 0 Å². The highest BCUT2D eigenvalue weighted by molar-refractivity contribution is 6.22. The van der Waals surface area contributed by atoms with Crippen molar-refractivity contribution in [3.05, 3.63) is 30.3 Å². The fraction of sp³-hybridized carbons (Fsp3) is 0.636. The second kappa shape index (κ2) is 8.64. The standard InChI is InChI=1S/C22H31NO2/c1-2-3-4-5-6-7-8-10-13-17-16-19-20(17)22(25)23(21(19)24)18-14-11-9-12-15-18/h9,11-12,14-15,17,19-20H,2-8,10,13,16H2,1H3/t17-,19-,20+/m0/s1. The monoisotopic (exact) mass is 341 g/mol. The summed E-state index contributed by atoms with van der Waals surface area (Å²) in [4.78, 5) is 26.7. The fourth-order valence-corrected chi connectivity index (χ4v) is 4.47. The van der Waals surface area contributed by atoms with E-state index in [-0.39, 0.29) is 23.7 Å². The lowest BCUT2D eigenvalue weighted by molar-refractivity contribution is -0.128. The Morgan fingerprint density at radius 2 is 1.52 bits per heavy atom. The van der Waals surface area contributed by atoms with Crippen LogP contribution < -0.4 is 4.90 Å². The first-order chi connectivity index (χ1) is 12.2. The number of carbonyl (C=O) groups is 2. The van der Waals surface area contributed by atoms with Crippen molar-refractivity contribution < 1.29 is 9.59 Å². The first-order valence-corrected chi connectivity index (χ1v) is 10.2. The summed E-state index contributed by atoms with van der Waals surface area (Å²) in [6.07, 6.45) is 12.5. The van der Waals surface area contributed by atoms with Crippen LogP contribution in [0.4, 0.5) is 5.69 Å². The van der Waals surface area contributed by atoms with Gasteiger partial charge in [0, 0.05) is 0 Å². The lowest BCUT2D eigenvalue weighted by atomic mass is 9.64. The zero-order chi connectivity index (χ0) is 17.6. The van der Waals surface area contributed by atoms with Gasteiger partial charge in [0.15, 0.2) is 0 Å². The molecule has 25 heavy (non-hydrogen) atoms. The van der Waals surface area contributed by atoms with E-state index in [1.807, 2.05) is 30.3 Å². The predicted octanol–water partition coefficient (Wildman–Crippen LogP) is 5.34. The molecule has 0 unspecified atom stereocenters. The molecule has 0 aromatic heterocycles. The Labute approximate surface area is 151 Å². The molecule has 3 nitrogen and oxygen atoms in total. The van der Waals surface area contributed by atoms with Crippen molar-refractivity contribution in [2.45, 2.75) is 71.1 Å². The number of hydrogen-bond acceptors (Lipinski definition) is 2. The Morgan fingerprint density at radius 3 is 2.20 bits per heavy atom. The van der Waals surface area contributed by atoms with Crippen LogP contribution in [0.3, 0.4) is 0 Å². The summed E-state index contributed by atoms with van der Waals surface area (Å²) in [5, 5.41) is 0. The number of para-hydroxylation sites is 1. The van der Waals surface area contributed by atoms with E-state index in [2.05, 4.69) is 6.92 Å². The van der Waals surface area contributed by atoms with Crippen LogP contribution in [0, 0.1) is 17.8 Å². The van der Waals surface area contributed by atoms with Crippen molar-refractivity contribution in [2.75, 3.05) is 4.90 Å². The van der Waals surface area contributed by atoms with Crippen LogP contribution >= 0.6 is 0 Å². The van der Waals surface area contributed by atoms with Gasteiger partial charge in [0.2, 0.25) is 11.8 Å². The zero-order valence-electron chi connectivity index (χ0n) is 15.5. The molecule has 1 aliphatic heterocycles. The molecule has 0 spiro atoms. The molecule has 136 valence electrons. The third kappa shape index (κ3) is 3.96. The van der Waals surface area contributed by atoms with E-state index in [0.29, 0.717) is 5.92 Å². The minimum atomic E-state index is -0.0493. The molecule has 0 bridgehead atoms. The highest BCUT2D eigenvalue weighted by atomic mass is 16.2. The summed E-state index contributed by atoms with van der Waals surface area (Å²) in [7, 11) is 0. The lowest BCUT2D eigenvalue weighted by Crippen LogP contribution is -2.38. The number of nitrogens with zero attached hydrogens (tertiary/aromatic N) is 1. The summed E-state index contributed by atoms with van der Waals surface area (Å²) in [5.41, 5.74) is 0.734. The molecule has 0 N–H and O–H groups in total. The average Bonchev–Trinajstić information content (AvgIpc) is 2.79. The van der Waals surface area contributed by atoms with Crippen molar-refractivity contribution in [3.63, 3.8) is 0 Å². The molecule has 1 aromatic carbocycles. The smallest absolute Gasteiger partial charge is 0.237 e. The zero-order valence-corrected chi connectivity index (χ0v) is 15.5. The third-order valence-electron chi connectivity index (χ3n) is 5.98. The van der Waals surface area contributed by atoms with E-state index in [1.54, 1.807) is 0 Å². The number of carbonyl (C=O) groups excluding carboxylic acids is 2. The molecule has 3 atom stereocenters. The molecule has 1 aliphatic carbocycles. The third-order valence-corrected chi connectivity index (χ3v) is 5.98.